The van der Waals surface area contributed by atoms with E-state index in [9.17, 15) is 19.8 Å². The summed E-state index contributed by atoms with van der Waals surface area (Å²) < 4.78 is 1.88. The van der Waals surface area contributed by atoms with E-state index in [0.29, 0.717) is 48.6 Å². The molecule has 0 bridgehead atoms. The average molecular weight is 319 g/mol. The summed E-state index contributed by atoms with van der Waals surface area (Å²) in [5.41, 5.74) is 0.676. The first kappa shape index (κ1) is 15.3. The van der Waals surface area contributed by atoms with Crippen LogP contribution in [0, 0.1) is 6.92 Å². The van der Waals surface area contributed by atoms with Crippen LogP contribution >= 0.6 is 0 Å². The number of nitrogens with one attached hydrogen (secondary N) is 1. The summed E-state index contributed by atoms with van der Waals surface area (Å²) in [6.07, 6.45) is 1.77. The SMILES string of the molecule is Cc1nc2c(n1CCO)CCCc1c-2[nH]c(=O)c(C(=O)O)c1O. The van der Waals surface area contributed by atoms with Crippen LogP contribution in [-0.4, -0.2) is 42.4 Å². The number of pyridine rings is 1. The Morgan fingerprint density at radius 2 is 2.13 bits per heavy atom. The summed E-state index contributed by atoms with van der Waals surface area (Å²) in [6.45, 7) is 2.16. The van der Waals surface area contributed by atoms with Crippen LogP contribution in [0.2, 0.25) is 0 Å². The molecular weight excluding hydrogens is 302 g/mol. The lowest BCUT2D eigenvalue weighted by Gasteiger charge is -2.09. The maximum absolute atomic E-state index is 12.0. The molecule has 4 N–H and O–H groups in total. The second-order valence-electron chi connectivity index (χ2n) is 5.52. The highest BCUT2D eigenvalue weighted by Crippen LogP contribution is 2.35. The molecule has 0 spiro atoms. The van der Waals surface area contributed by atoms with E-state index in [1.165, 1.54) is 0 Å². The quantitative estimate of drug-likeness (QED) is 0.649. The Labute approximate surface area is 131 Å². The van der Waals surface area contributed by atoms with E-state index in [0.717, 1.165) is 5.69 Å². The summed E-state index contributed by atoms with van der Waals surface area (Å²) in [6, 6.07) is 0. The highest BCUT2D eigenvalue weighted by Gasteiger charge is 2.28. The number of aromatic amines is 1. The third-order valence-electron chi connectivity index (χ3n) is 4.17. The average Bonchev–Trinajstić information content (AvgIpc) is 2.67. The molecule has 23 heavy (non-hydrogen) atoms. The van der Waals surface area contributed by atoms with Gasteiger partial charge in [-0.05, 0) is 26.2 Å². The van der Waals surface area contributed by atoms with Gasteiger partial charge in [0.2, 0.25) is 0 Å². The number of aliphatic hydroxyl groups is 1. The largest absolute Gasteiger partial charge is 0.506 e. The number of aromatic nitrogens is 3. The fourth-order valence-electron chi connectivity index (χ4n) is 3.16. The minimum absolute atomic E-state index is 0.0315. The van der Waals surface area contributed by atoms with Crippen LogP contribution in [0.3, 0.4) is 0 Å². The first-order valence-corrected chi connectivity index (χ1v) is 7.34. The summed E-state index contributed by atoms with van der Waals surface area (Å²) in [5.74, 6) is -1.25. The van der Waals surface area contributed by atoms with E-state index in [2.05, 4.69) is 9.97 Å². The lowest BCUT2D eigenvalue weighted by Crippen LogP contribution is -2.20. The van der Waals surface area contributed by atoms with E-state index in [4.69, 9.17) is 5.11 Å². The van der Waals surface area contributed by atoms with Crippen LogP contribution < -0.4 is 5.56 Å². The number of aromatic carboxylic acids is 1. The Balaban J connectivity index is 2.30. The lowest BCUT2D eigenvalue weighted by molar-refractivity contribution is 0.0691. The molecule has 0 saturated carbocycles. The van der Waals surface area contributed by atoms with Gasteiger partial charge in [-0.25, -0.2) is 9.78 Å². The van der Waals surface area contributed by atoms with Crippen molar-refractivity contribution in [3.63, 3.8) is 0 Å². The number of H-pyrrole nitrogens is 1. The highest BCUT2D eigenvalue weighted by molar-refractivity contribution is 5.91. The molecule has 2 aromatic rings. The number of aryl methyl sites for hydroxylation is 1. The Hall–Kier alpha value is -2.61. The van der Waals surface area contributed by atoms with Crippen molar-refractivity contribution in [1.29, 1.82) is 0 Å². The van der Waals surface area contributed by atoms with Gasteiger partial charge >= 0.3 is 5.97 Å². The number of carboxylic acids is 1. The second-order valence-corrected chi connectivity index (χ2v) is 5.52. The molecule has 0 atom stereocenters. The number of rotatable bonds is 3. The second kappa shape index (κ2) is 5.54. The minimum Gasteiger partial charge on any atom is -0.506 e. The zero-order valence-corrected chi connectivity index (χ0v) is 12.6. The van der Waals surface area contributed by atoms with Gasteiger partial charge in [0.1, 0.15) is 17.3 Å². The van der Waals surface area contributed by atoms with Crippen LogP contribution in [0.1, 0.15) is 33.9 Å². The van der Waals surface area contributed by atoms with Gasteiger partial charge in [-0.2, -0.15) is 0 Å². The molecule has 2 heterocycles. The molecule has 0 amide bonds. The van der Waals surface area contributed by atoms with Gasteiger partial charge in [-0.3, -0.25) is 4.79 Å². The van der Waals surface area contributed by atoms with Crippen molar-refractivity contribution in [1.82, 2.24) is 14.5 Å². The molecule has 3 rings (SSSR count). The molecule has 2 aromatic heterocycles. The van der Waals surface area contributed by atoms with Crippen LogP contribution in [0.25, 0.3) is 11.4 Å². The molecule has 0 saturated heterocycles. The summed E-state index contributed by atoms with van der Waals surface area (Å²) in [7, 11) is 0. The minimum atomic E-state index is -1.46. The number of hydrogen-bond acceptors (Lipinski definition) is 5. The molecular formula is C15H17N3O5. The molecule has 0 aromatic carbocycles. The van der Waals surface area contributed by atoms with Crippen molar-refractivity contribution >= 4 is 5.97 Å². The molecule has 0 unspecified atom stereocenters. The van der Waals surface area contributed by atoms with Gasteiger partial charge in [0.15, 0.2) is 5.56 Å². The molecule has 8 heteroatoms. The number of aliphatic hydroxyl groups excluding tert-OH is 1. The van der Waals surface area contributed by atoms with Crippen LogP contribution in [0.5, 0.6) is 5.75 Å². The van der Waals surface area contributed by atoms with Crippen LogP contribution in [0.4, 0.5) is 0 Å². The van der Waals surface area contributed by atoms with Gasteiger partial charge in [0.05, 0.1) is 12.3 Å². The van der Waals surface area contributed by atoms with E-state index in [1.54, 1.807) is 6.92 Å². The van der Waals surface area contributed by atoms with Gasteiger partial charge in [-0.15, -0.1) is 0 Å². The maximum Gasteiger partial charge on any atom is 0.345 e. The smallest absolute Gasteiger partial charge is 0.345 e. The third kappa shape index (κ3) is 2.31. The monoisotopic (exact) mass is 319 g/mol. The predicted molar refractivity (Wildman–Crippen MR) is 80.8 cm³/mol. The normalized spacial score (nSPS) is 13.3. The molecule has 0 radical (unpaired) electrons. The van der Waals surface area contributed by atoms with Gasteiger partial charge in [0.25, 0.3) is 5.56 Å². The van der Waals surface area contributed by atoms with E-state index in [-0.39, 0.29) is 6.61 Å². The zero-order valence-electron chi connectivity index (χ0n) is 12.6. The molecule has 1 aliphatic rings. The summed E-state index contributed by atoms with van der Waals surface area (Å²) in [5, 5.41) is 28.5. The Kier molecular flexibility index (Phi) is 3.69. The van der Waals surface area contributed by atoms with Crippen molar-refractivity contribution < 1.29 is 20.1 Å². The molecule has 1 aliphatic carbocycles. The zero-order chi connectivity index (χ0) is 16.7. The van der Waals surface area contributed by atoms with Crippen molar-refractivity contribution in [3.05, 3.63) is 33.0 Å². The Bertz CT molecular complexity index is 850. The number of carbonyl (C=O) groups is 1. The van der Waals surface area contributed by atoms with E-state index < -0.39 is 22.8 Å². The van der Waals surface area contributed by atoms with Crippen molar-refractivity contribution in [2.45, 2.75) is 32.7 Å². The number of aromatic hydroxyl groups is 1. The fraction of sp³-hybridized carbons (Fsp3) is 0.400. The molecule has 0 fully saturated rings. The number of imidazole rings is 1. The van der Waals surface area contributed by atoms with Gasteiger partial charge in [0, 0.05) is 17.8 Å². The summed E-state index contributed by atoms with van der Waals surface area (Å²) in [4.78, 5) is 30.2. The standard InChI is InChI=1S/C15H17N3O5/c1-7-16-12-9(18(7)5-6-19)4-2-3-8-11(12)17-14(21)10(13(8)20)15(22)23/h19H,2-6H2,1H3,(H,22,23)(H2,17,20,21). The highest BCUT2D eigenvalue weighted by atomic mass is 16.4. The number of hydrogen-bond donors (Lipinski definition) is 4. The van der Waals surface area contributed by atoms with Crippen molar-refractivity contribution in [2.75, 3.05) is 6.61 Å². The first-order chi connectivity index (χ1) is 11.0. The first-order valence-electron chi connectivity index (χ1n) is 7.34. The van der Waals surface area contributed by atoms with Crippen LogP contribution in [-0.2, 0) is 19.4 Å². The molecule has 8 nitrogen and oxygen atoms in total. The predicted octanol–water partition coefficient (Wildman–Crippen LogP) is 0.432. The lowest BCUT2D eigenvalue weighted by atomic mass is 10.0. The number of fused-ring (bicyclic) bond motifs is 3. The molecule has 0 aliphatic heterocycles. The van der Waals surface area contributed by atoms with Crippen LogP contribution in [0.15, 0.2) is 4.79 Å². The Morgan fingerprint density at radius 3 is 2.78 bits per heavy atom. The Morgan fingerprint density at radius 1 is 1.39 bits per heavy atom. The fourth-order valence-corrected chi connectivity index (χ4v) is 3.16. The maximum atomic E-state index is 12.0. The van der Waals surface area contributed by atoms with E-state index in [1.807, 2.05) is 4.57 Å². The van der Waals surface area contributed by atoms with E-state index >= 15 is 0 Å². The number of nitrogens with zero attached hydrogens (tertiary/aromatic N) is 2. The van der Waals surface area contributed by atoms with Gasteiger partial charge in [-0.1, -0.05) is 0 Å². The third-order valence-corrected chi connectivity index (χ3v) is 4.17. The van der Waals surface area contributed by atoms with Gasteiger partial charge < -0.3 is 24.9 Å². The topological polar surface area (TPSA) is 128 Å². The van der Waals surface area contributed by atoms with Crippen molar-refractivity contribution in [3.8, 4) is 17.1 Å². The molecule has 122 valence electrons. The van der Waals surface area contributed by atoms with Crippen molar-refractivity contribution in [2.24, 2.45) is 0 Å². The number of carboxylic acid groups (broad SMARTS) is 1. The summed E-state index contributed by atoms with van der Waals surface area (Å²) >= 11 is 0.